The Morgan fingerprint density at radius 2 is 1.79 bits per heavy atom. The number of amides is 1. The Hall–Kier alpha value is -1.64. The van der Waals surface area contributed by atoms with Crippen LogP contribution in [0.25, 0.3) is 0 Å². The molecule has 1 fully saturated rings. The van der Waals surface area contributed by atoms with Crippen LogP contribution in [0.4, 0.5) is 13.2 Å². The van der Waals surface area contributed by atoms with Crippen LogP contribution < -0.4 is 11.1 Å². The third kappa shape index (κ3) is 5.77. The zero-order valence-corrected chi connectivity index (χ0v) is 13.2. The van der Waals surface area contributed by atoms with Crippen LogP contribution in [0.2, 0.25) is 0 Å². The van der Waals surface area contributed by atoms with Gasteiger partial charge < -0.3 is 20.5 Å². The number of benzene rings is 1. The van der Waals surface area contributed by atoms with Crippen LogP contribution in [0.1, 0.15) is 24.0 Å². The monoisotopic (exact) mass is 346 g/mol. The highest BCUT2D eigenvalue weighted by atomic mass is 19.4. The molecule has 1 aromatic rings. The molecule has 1 aliphatic heterocycles. The van der Waals surface area contributed by atoms with Crippen LogP contribution >= 0.6 is 0 Å². The predicted octanol–water partition coefficient (Wildman–Crippen LogP) is 1.89. The normalized spacial score (nSPS) is 17.5. The second-order valence-electron chi connectivity index (χ2n) is 5.88. The minimum absolute atomic E-state index is 0.113. The van der Waals surface area contributed by atoms with Gasteiger partial charge >= 0.3 is 6.18 Å². The summed E-state index contributed by atoms with van der Waals surface area (Å²) in [5, 5.41) is 2.79. The summed E-state index contributed by atoms with van der Waals surface area (Å²) in [6.07, 6.45) is -3.37. The maximum atomic E-state index is 12.2. The molecule has 1 aromatic carbocycles. The lowest BCUT2D eigenvalue weighted by Gasteiger charge is -2.31. The van der Waals surface area contributed by atoms with E-state index >= 15 is 0 Å². The molecule has 24 heavy (non-hydrogen) atoms. The number of nitrogens with two attached hydrogens (primary N) is 1. The molecular formula is C16H21F3N2O3. The zero-order valence-electron chi connectivity index (χ0n) is 13.2. The fourth-order valence-electron chi connectivity index (χ4n) is 2.36. The first-order valence-corrected chi connectivity index (χ1v) is 7.66. The molecule has 0 atom stereocenters. The summed E-state index contributed by atoms with van der Waals surface area (Å²) in [5.41, 5.74) is 6.65. The number of alkyl halides is 3. The third-order valence-electron chi connectivity index (χ3n) is 3.85. The Kier molecular flexibility index (Phi) is 6.20. The smallest absolute Gasteiger partial charge is 0.381 e. The van der Waals surface area contributed by atoms with Crippen molar-refractivity contribution in [2.24, 2.45) is 5.73 Å². The summed E-state index contributed by atoms with van der Waals surface area (Å²) in [5.74, 6) is -0.219. The van der Waals surface area contributed by atoms with E-state index in [1.165, 1.54) is 0 Å². The molecule has 8 heteroatoms. The Morgan fingerprint density at radius 1 is 1.21 bits per heavy atom. The first-order chi connectivity index (χ1) is 11.3. The van der Waals surface area contributed by atoms with Gasteiger partial charge in [0.05, 0.1) is 12.1 Å². The first-order valence-electron chi connectivity index (χ1n) is 7.66. The van der Waals surface area contributed by atoms with Crippen molar-refractivity contribution in [2.45, 2.75) is 37.7 Å². The molecule has 3 N–H and O–H groups in total. The van der Waals surface area contributed by atoms with Crippen molar-refractivity contribution in [3.05, 3.63) is 35.4 Å². The molecule has 0 aromatic heterocycles. The van der Waals surface area contributed by atoms with Gasteiger partial charge in [-0.2, -0.15) is 13.2 Å². The van der Waals surface area contributed by atoms with Gasteiger partial charge in [0, 0.05) is 19.8 Å². The molecule has 0 radical (unpaired) electrons. The second-order valence-corrected chi connectivity index (χ2v) is 5.88. The van der Waals surface area contributed by atoms with Gasteiger partial charge in [-0.25, -0.2) is 0 Å². The van der Waals surface area contributed by atoms with E-state index in [2.05, 4.69) is 10.1 Å². The summed E-state index contributed by atoms with van der Waals surface area (Å²) in [4.78, 5) is 12.2. The maximum absolute atomic E-state index is 12.2. The molecule has 1 amide bonds. The van der Waals surface area contributed by atoms with Crippen LogP contribution in [-0.2, 0) is 27.4 Å². The van der Waals surface area contributed by atoms with Crippen molar-refractivity contribution >= 4 is 5.91 Å². The van der Waals surface area contributed by atoms with Crippen LogP contribution in [-0.4, -0.2) is 37.4 Å². The highest BCUT2D eigenvalue weighted by Crippen LogP contribution is 2.18. The molecule has 0 aliphatic carbocycles. The highest BCUT2D eigenvalue weighted by molar-refractivity contribution is 5.86. The zero-order chi connectivity index (χ0) is 17.6. The van der Waals surface area contributed by atoms with Gasteiger partial charge in [0.1, 0.15) is 6.61 Å². The Balaban J connectivity index is 1.78. The fraction of sp³-hybridized carbons (Fsp3) is 0.562. The van der Waals surface area contributed by atoms with Gasteiger partial charge in [-0.05, 0) is 24.0 Å². The third-order valence-corrected chi connectivity index (χ3v) is 3.85. The number of ether oxygens (including phenoxy) is 2. The van der Waals surface area contributed by atoms with Gasteiger partial charge in [0.2, 0.25) is 5.91 Å². The number of nitrogens with one attached hydrogen (secondary N) is 1. The molecule has 2 rings (SSSR count). The molecule has 0 bridgehead atoms. The van der Waals surface area contributed by atoms with E-state index in [9.17, 15) is 18.0 Å². The quantitative estimate of drug-likeness (QED) is 0.825. The minimum atomic E-state index is -4.33. The topological polar surface area (TPSA) is 73.6 Å². The summed E-state index contributed by atoms with van der Waals surface area (Å²) in [7, 11) is 0. The molecule has 0 saturated carbocycles. The summed E-state index contributed by atoms with van der Waals surface area (Å²) >= 11 is 0. The van der Waals surface area contributed by atoms with E-state index in [4.69, 9.17) is 10.5 Å². The van der Waals surface area contributed by atoms with Crippen molar-refractivity contribution < 1.29 is 27.4 Å². The maximum Gasteiger partial charge on any atom is 0.411 e. The Bertz CT molecular complexity index is 540. The molecule has 1 aliphatic rings. The molecule has 1 heterocycles. The number of hydrogen-bond donors (Lipinski definition) is 2. The SMILES string of the molecule is NC1(C(=O)NCc2ccc(COCC(F)(F)F)cc2)CCOCC1. The largest absolute Gasteiger partial charge is 0.411 e. The number of carbonyl (C=O) groups is 1. The molecule has 134 valence electrons. The fourth-order valence-corrected chi connectivity index (χ4v) is 2.36. The lowest BCUT2D eigenvalue weighted by molar-refractivity contribution is -0.176. The molecule has 0 unspecified atom stereocenters. The lowest BCUT2D eigenvalue weighted by atomic mass is 9.90. The van der Waals surface area contributed by atoms with Gasteiger partial charge in [0.25, 0.3) is 0 Å². The van der Waals surface area contributed by atoms with E-state index in [0.717, 1.165) is 5.56 Å². The predicted molar refractivity (Wildman–Crippen MR) is 81.0 cm³/mol. The van der Waals surface area contributed by atoms with Crippen LogP contribution in [0.3, 0.4) is 0 Å². The number of halogens is 3. The Labute approximate surface area is 138 Å². The molecular weight excluding hydrogens is 325 g/mol. The van der Waals surface area contributed by atoms with Crippen molar-refractivity contribution in [3.63, 3.8) is 0 Å². The second kappa shape index (κ2) is 7.96. The number of carbonyl (C=O) groups excluding carboxylic acids is 1. The first kappa shape index (κ1) is 18.7. The standard InChI is InChI=1S/C16H21F3N2O3/c17-16(18,19)11-24-10-13-3-1-12(2-4-13)9-21-14(22)15(20)5-7-23-8-6-15/h1-4H,5-11,20H2,(H,21,22). The van der Waals surface area contributed by atoms with Crippen molar-refractivity contribution in [2.75, 3.05) is 19.8 Å². The average Bonchev–Trinajstić information content (AvgIpc) is 2.53. The number of rotatable bonds is 6. The van der Waals surface area contributed by atoms with Gasteiger partial charge in [-0.15, -0.1) is 0 Å². The van der Waals surface area contributed by atoms with E-state index in [1.807, 2.05) is 0 Å². The van der Waals surface area contributed by atoms with E-state index < -0.39 is 18.3 Å². The number of hydrogen-bond acceptors (Lipinski definition) is 4. The molecule has 5 nitrogen and oxygen atoms in total. The van der Waals surface area contributed by atoms with Gasteiger partial charge in [-0.3, -0.25) is 4.79 Å². The van der Waals surface area contributed by atoms with Gasteiger partial charge in [-0.1, -0.05) is 24.3 Å². The summed E-state index contributed by atoms with van der Waals surface area (Å²) in [6, 6.07) is 6.81. The van der Waals surface area contributed by atoms with E-state index in [0.29, 0.717) is 38.2 Å². The van der Waals surface area contributed by atoms with Crippen molar-refractivity contribution in [1.29, 1.82) is 0 Å². The lowest BCUT2D eigenvalue weighted by Crippen LogP contribution is -2.56. The molecule has 0 spiro atoms. The summed E-state index contributed by atoms with van der Waals surface area (Å²) in [6.45, 7) is -0.138. The van der Waals surface area contributed by atoms with Crippen molar-refractivity contribution in [3.8, 4) is 0 Å². The minimum Gasteiger partial charge on any atom is -0.381 e. The van der Waals surface area contributed by atoms with E-state index in [-0.39, 0.29) is 12.5 Å². The summed E-state index contributed by atoms with van der Waals surface area (Å²) < 4.78 is 45.8. The van der Waals surface area contributed by atoms with Crippen LogP contribution in [0, 0.1) is 0 Å². The van der Waals surface area contributed by atoms with Gasteiger partial charge in [0.15, 0.2) is 0 Å². The molecule has 1 saturated heterocycles. The van der Waals surface area contributed by atoms with Crippen LogP contribution in [0.15, 0.2) is 24.3 Å². The Morgan fingerprint density at radius 3 is 2.38 bits per heavy atom. The van der Waals surface area contributed by atoms with Crippen LogP contribution in [0.5, 0.6) is 0 Å². The average molecular weight is 346 g/mol. The van der Waals surface area contributed by atoms with E-state index in [1.54, 1.807) is 24.3 Å². The van der Waals surface area contributed by atoms with Crippen molar-refractivity contribution in [1.82, 2.24) is 5.32 Å². The highest BCUT2D eigenvalue weighted by Gasteiger charge is 2.35.